The zero-order valence-corrected chi connectivity index (χ0v) is 11.0. The molecule has 0 atom stereocenters. The smallest absolute Gasteiger partial charge is 0.145 e. The van der Waals surface area contributed by atoms with E-state index in [1.54, 1.807) is 0 Å². The first-order valence-corrected chi connectivity index (χ1v) is 6.29. The fourth-order valence-corrected chi connectivity index (χ4v) is 2.01. The number of nitrogens with zero attached hydrogens (tertiary/aromatic N) is 2. The molecule has 1 aromatic heterocycles. The largest absolute Gasteiger partial charge is 0.382 e. The molecule has 96 valence electrons. The summed E-state index contributed by atoms with van der Waals surface area (Å²) in [5.41, 5.74) is 9.19. The van der Waals surface area contributed by atoms with Crippen molar-refractivity contribution < 1.29 is 0 Å². The molecule has 0 bridgehead atoms. The van der Waals surface area contributed by atoms with Gasteiger partial charge in [-0.1, -0.05) is 25.5 Å². The maximum absolute atomic E-state index is 5.59. The second kappa shape index (κ2) is 5.58. The minimum Gasteiger partial charge on any atom is -0.382 e. The van der Waals surface area contributed by atoms with Crippen LogP contribution in [-0.4, -0.2) is 17.2 Å². The van der Waals surface area contributed by atoms with Crippen LogP contribution < -0.4 is 10.6 Å². The number of aryl methyl sites for hydroxylation is 1. The van der Waals surface area contributed by atoms with Gasteiger partial charge in [-0.15, -0.1) is 0 Å². The quantitative estimate of drug-likeness (QED) is 0.850. The van der Waals surface area contributed by atoms with E-state index >= 15 is 0 Å². The molecule has 0 unspecified atom stereocenters. The first-order valence-electron chi connectivity index (χ1n) is 6.29. The van der Waals surface area contributed by atoms with Crippen LogP contribution in [0.15, 0.2) is 30.3 Å². The Labute approximate surface area is 108 Å². The number of aromatic amines is 1. The number of rotatable bonds is 5. The van der Waals surface area contributed by atoms with Crippen LogP contribution in [0, 0.1) is 0 Å². The summed E-state index contributed by atoms with van der Waals surface area (Å²) in [6, 6.07) is 10.6. The van der Waals surface area contributed by atoms with Gasteiger partial charge in [-0.3, -0.25) is 5.10 Å². The minimum atomic E-state index is 0.539. The molecule has 0 amide bonds. The number of hydrogen-bond acceptors (Lipinski definition) is 3. The van der Waals surface area contributed by atoms with Crippen LogP contribution >= 0.6 is 0 Å². The van der Waals surface area contributed by atoms with E-state index in [-0.39, 0.29) is 0 Å². The zero-order valence-electron chi connectivity index (χ0n) is 11.0. The molecule has 0 radical (unpaired) electrons. The Morgan fingerprint density at radius 1 is 1.28 bits per heavy atom. The van der Waals surface area contributed by atoms with Crippen LogP contribution in [0.3, 0.4) is 0 Å². The van der Waals surface area contributed by atoms with Crippen molar-refractivity contribution in [2.75, 3.05) is 17.7 Å². The molecule has 0 aliphatic carbocycles. The number of hydrogen-bond donors (Lipinski definition) is 2. The number of aromatic nitrogens is 2. The van der Waals surface area contributed by atoms with Gasteiger partial charge in [-0.25, -0.2) is 0 Å². The molecule has 0 aliphatic heterocycles. The molecule has 1 aromatic carbocycles. The van der Waals surface area contributed by atoms with E-state index in [9.17, 15) is 0 Å². The lowest BCUT2D eigenvalue weighted by Crippen LogP contribution is -2.16. The Morgan fingerprint density at radius 3 is 2.56 bits per heavy atom. The van der Waals surface area contributed by atoms with E-state index in [1.165, 1.54) is 17.7 Å². The highest BCUT2D eigenvalue weighted by Crippen LogP contribution is 2.17. The highest BCUT2D eigenvalue weighted by molar-refractivity contribution is 5.47. The van der Waals surface area contributed by atoms with Gasteiger partial charge in [0.1, 0.15) is 5.82 Å². The summed E-state index contributed by atoms with van der Waals surface area (Å²) in [7, 11) is 2.06. The molecular formula is C14H20N4. The molecule has 0 saturated heterocycles. The van der Waals surface area contributed by atoms with E-state index in [4.69, 9.17) is 5.73 Å². The Kier molecular flexibility index (Phi) is 3.87. The summed E-state index contributed by atoms with van der Waals surface area (Å²) >= 11 is 0. The SMILES string of the molecule is CCCc1ccc(N(C)Cc2cc(N)n[nH]2)cc1. The van der Waals surface area contributed by atoms with E-state index in [0.717, 1.165) is 18.7 Å². The number of nitrogens with two attached hydrogens (primary N) is 1. The predicted molar refractivity (Wildman–Crippen MR) is 75.5 cm³/mol. The number of anilines is 2. The van der Waals surface area contributed by atoms with Crippen molar-refractivity contribution in [3.05, 3.63) is 41.6 Å². The van der Waals surface area contributed by atoms with Gasteiger partial charge < -0.3 is 10.6 Å². The summed E-state index contributed by atoms with van der Waals surface area (Å²) in [5, 5.41) is 6.85. The highest BCUT2D eigenvalue weighted by atomic mass is 15.2. The molecule has 2 aromatic rings. The van der Waals surface area contributed by atoms with Gasteiger partial charge in [0.25, 0.3) is 0 Å². The second-order valence-corrected chi connectivity index (χ2v) is 4.59. The molecule has 0 spiro atoms. The third-order valence-corrected chi connectivity index (χ3v) is 2.97. The minimum absolute atomic E-state index is 0.539. The molecule has 3 N–H and O–H groups in total. The summed E-state index contributed by atoms with van der Waals surface area (Å²) in [6.07, 6.45) is 2.32. The van der Waals surface area contributed by atoms with Crippen molar-refractivity contribution in [1.82, 2.24) is 10.2 Å². The van der Waals surface area contributed by atoms with Crippen molar-refractivity contribution in [2.45, 2.75) is 26.3 Å². The van der Waals surface area contributed by atoms with Crippen molar-refractivity contribution in [3.8, 4) is 0 Å². The molecule has 18 heavy (non-hydrogen) atoms. The fraction of sp³-hybridized carbons (Fsp3) is 0.357. The predicted octanol–water partition coefficient (Wildman–Crippen LogP) is 2.58. The molecule has 4 nitrogen and oxygen atoms in total. The Morgan fingerprint density at radius 2 is 2.00 bits per heavy atom. The zero-order chi connectivity index (χ0) is 13.0. The lowest BCUT2D eigenvalue weighted by atomic mass is 10.1. The average molecular weight is 244 g/mol. The van der Waals surface area contributed by atoms with E-state index in [0.29, 0.717) is 5.82 Å². The number of H-pyrrole nitrogens is 1. The van der Waals surface area contributed by atoms with Crippen LogP contribution in [0.1, 0.15) is 24.6 Å². The van der Waals surface area contributed by atoms with Crippen LogP contribution in [0.2, 0.25) is 0 Å². The number of benzene rings is 1. The summed E-state index contributed by atoms with van der Waals surface area (Å²) in [4.78, 5) is 2.17. The van der Waals surface area contributed by atoms with Crippen LogP contribution in [0.4, 0.5) is 11.5 Å². The molecule has 2 rings (SSSR count). The van der Waals surface area contributed by atoms with Gasteiger partial charge in [-0.05, 0) is 24.1 Å². The second-order valence-electron chi connectivity index (χ2n) is 4.59. The molecular weight excluding hydrogens is 224 g/mol. The van der Waals surface area contributed by atoms with Crippen molar-refractivity contribution in [1.29, 1.82) is 0 Å². The molecule has 0 saturated carbocycles. The maximum Gasteiger partial charge on any atom is 0.145 e. The van der Waals surface area contributed by atoms with E-state index in [1.807, 2.05) is 6.07 Å². The van der Waals surface area contributed by atoms with Crippen molar-refractivity contribution in [3.63, 3.8) is 0 Å². The average Bonchev–Trinajstić information content (AvgIpc) is 2.76. The molecule has 1 heterocycles. The topological polar surface area (TPSA) is 57.9 Å². The van der Waals surface area contributed by atoms with Crippen LogP contribution in [-0.2, 0) is 13.0 Å². The monoisotopic (exact) mass is 244 g/mol. The first kappa shape index (κ1) is 12.5. The molecule has 4 heteroatoms. The Bertz CT molecular complexity index is 487. The van der Waals surface area contributed by atoms with Gasteiger partial charge in [0.15, 0.2) is 0 Å². The number of nitrogen functional groups attached to an aromatic ring is 1. The van der Waals surface area contributed by atoms with Gasteiger partial charge in [0.05, 0.1) is 12.2 Å². The normalized spacial score (nSPS) is 10.6. The highest BCUT2D eigenvalue weighted by Gasteiger charge is 2.04. The third-order valence-electron chi connectivity index (χ3n) is 2.97. The fourth-order valence-electron chi connectivity index (χ4n) is 2.01. The summed E-state index contributed by atoms with van der Waals surface area (Å²) in [6.45, 7) is 2.97. The molecule has 0 aliphatic rings. The third kappa shape index (κ3) is 3.03. The van der Waals surface area contributed by atoms with E-state index < -0.39 is 0 Å². The summed E-state index contributed by atoms with van der Waals surface area (Å²) < 4.78 is 0. The maximum atomic E-state index is 5.59. The van der Waals surface area contributed by atoms with Gasteiger partial charge in [-0.2, -0.15) is 5.10 Å². The van der Waals surface area contributed by atoms with Crippen LogP contribution in [0.5, 0.6) is 0 Å². The van der Waals surface area contributed by atoms with Gasteiger partial charge >= 0.3 is 0 Å². The summed E-state index contributed by atoms with van der Waals surface area (Å²) in [5.74, 6) is 0.539. The van der Waals surface area contributed by atoms with Gasteiger partial charge in [0, 0.05) is 18.8 Å². The van der Waals surface area contributed by atoms with Crippen molar-refractivity contribution >= 4 is 11.5 Å². The van der Waals surface area contributed by atoms with Crippen LogP contribution in [0.25, 0.3) is 0 Å². The standard InChI is InChI=1S/C14H20N4/c1-3-4-11-5-7-13(8-6-11)18(2)10-12-9-14(15)17-16-12/h5-9H,3-4,10H2,1-2H3,(H3,15,16,17). The lowest BCUT2D eigenvalue weighted by molar-refractivity contribution is 0.868. The number of nitrogens with one attached hydrogen (secondary N) is 1. The molecule has 0 fully saturated rings. The Balaban J connectivity index is 2.02. The van der Waals surface area contributed by atoms with E-state index in [2.05, 4.69) is 53.3 Å². The lowest BCUT2D eigenvalue weighted by Gasteiger charge is -2.18. The van der Waals surface area contributed by atoms with Crippen molar-refractivity contribution in [2.24, 2.45) is 0 Å². The first-order chi connectivity index (χ1) is 8.69. The Hall–Kier alpha value is -1.97. The van der Waals surface area contributed by atoms with Gasteiger partial charge in [0.2, 0.25) is 0 Å².